The van der Waals surface area contributed by atoms with Crippen molar-refractivity contribution < 1.29 is 28.7 Å². The number of carbonyl (C=O) groups is 5. The van der Waals surface area contributed by atoms with Crippen molar-refractivity contribution in [3.05, 3.63) is 87.9 Å². The second kappa shape index (κ2) is 16.2. The van der Waals surface area contributed by atoms with Gasteiger partial charge in [-0.1, -0.05) is 39.3 Å². The molecule has 0 radical (unpaired) electrons. The number of halogens is 1. The number of carbonyl (C=O) groups excluding carboxylic acids is 5. The highest BCUT2D eigenvalue weighted by Gasteiger charge is 2.64. The van der Waals surface area contributed by atoms with Gasteiger partial charge in [0.2, 0.25) is 11.8 Å². The summed E-state index contributed by atoms with van der Waals surface area (Å²) in [4.78, 5) is 72.2. The molecule has 3 aromatic rings. The molecule has 1 atom stereocenters. The van der Waals surface area contributed by atoms with Gasteiger partial charge < -0.3 is 19.9 Å². The highest BCUT2D eigenvalue weighted by Crippen LogP contribution is 2.55. The summed E-state index contributed by atoms with van der Waals surface area (Å²) in [5.41, 5.74) is 2.95. The summed E-state index contributed by atoms with van der Waals surface area (Å²) in [7, 11) is 0. The molecule has 14 heteroatoms. The van der Waals surface area contributed by atoms with Crippen LogP contribution in [0.15, 0.2) is 60.7 Å². The van der Waals surface area contributed by atoms with Gasteiger partial charge >= 0.3 is 0 Å². The Morgan fingerprint density at radius 2 is 1.48 bits per heavy atom. The Hall–Kier alpha value is -5.45. The third-order valence-corrected chi connectivity index (χ3v) is 13.9. The lowest BCUT2D eigenvalue weighted by Crippen LogP contribution is -2.74. The summed E-state index contributed by atoms with van der Waals surface area (Å²) in [6.07, 6.45) is 3.42. The van der Waals surface area contributed by atoms with E-state index in [4.69, 9.17) is 16.3 Å². The fourth-order valence-electron chi connectivity index (χ4n) is 10.4. The molecule has 60 heavy (non-hydrogen) atoms. The van der Waals surface area contributed by atoms with Gasteiger partial charge in [-0.05, 0) is 92.7 Å². The normalized spacial score (nSPS) is 24.1. The second-order valence-corrected chi connectivity index (χ2v) is 18.5. The number of hydrogen-bond donors (Lipinski definition) is 2. The topological polar surface area (TPSA) is 155 Å². The van der Waals surface area contributed by atoms with Gasteiger partial charge in [0.05, 0.1) is 21.7 Å². The van der Waals surface area contributed by atoms with E-state index in [0.717, 1.165) is 81.4 Å². The van der Waals surface area contributed by atoms with Crippen molar-refractivity contribution in [2.45, 2.75) is 78.0 Å². The molecule has 5 aliphatic rings. The number of nitrogens with one attached hydrogen (secondary N) is 2. The first-order valence-corrected chi connectivity index (χ1v) is 21.4. The average Bonchev–Trinajstić information content (AvgIpc) is 3.49. The number of rotatable bonds is 10. The molecule has 13 nitrogen and oxygen atoms in total. The Morgan fingerprint density at radius 3 is 2.13 bits per heavy atom. The fourth-order valence-corrected chi connectivity index (χ4v) is 10.6. The smallest absolute Gasteiger partial charge is 0.262 e. The van der Waals surface area contributed by atoms with Crippen LogP contribution < -0.4 is 25.2 Å². The monoisotopic (exact) mass is 833 g/mol. The van der Waals surface area contributed by atoms with Gasteiger partial charge in [0, 0.05) is 85.6 Å². The molecule has 314 valence electrons. The Kier molecular flexibility index (Phi) is 11.1. The number of nitrogens with zero attached hydrogens (tertiary/aromatic N) is 5. The summed E-state index contributed by atoms with van der Waals surface area (Å²) in [5.74, 6) is -0.828. The van der Waals surface area contributed by atoms with Crippen LogP contribution in [0.25, 0.3) is 0 Å². The highest BCUT2D eigenvalue weighted by molar-refractivity contribution is 6.31. The molecule has 2 N–H and O–H groups in total. The van der Waals surface area contributed by atoms with Crippen LogP contribution in [-0.2, 0) is 9.59 Å². The molecule has 1 saturated carbocycles. The number of imide groups is 2. The second-order valence-electron chi connectivity index (χ2n) is 18.1. The highest BCUT2D eigenvalue weighted by atomic mass is 35.5. The van der Waals surface area contributed by atoms with E-state index < -0.39 is 29.7 Å². The molecule has 4 aliphatic heterocycles. The van der Waals surface area contributed by atoms with E-state index in [1.807, 2.05) is 18.2 Å². The third kappa shape index (κ3) is 7.71. The molecule has 3 saturated heterocycles. The molecule has 4 fully saturated rings. The van der Waals surface area contributed by atoms with E-state index in [0.29, 0.717) is 38.9 Å². The minimum atomic E-state index is -0.971. The van der Waals surface area contributed by atoms with Crippen LogP contribution >= 0.6 is 11.6 Å². The Bertz CT molecular complexity index is 2240. The predicted molar refractivity (Wildman–Crippen MR) is 227 cm³/mol. The van der Waals surface area contributed by atoms with Gasteiger partial charge in [0.25, 0.3) is 17.7 Å². The third-order valence-electron chi connectivity index (χ3n) is 13.6. The van der Waals surface area contributed by atoms with Gasteiger partial charge in [-0.3, -0.25) is 39.1 Å². The number of amides is 5. The first kappa shape index (κ1) is 41.3. The predicted octanol–water partition coefficient (Wildman–Crippen LogP) is 5.65. The van der Waals surface area contributed by atoms with Gasteiger partial charge in [0.1, 0.15) is 24.0 Å². The molecule has 0 spiro atoms. The Balaban J connectivity index is 0.769. The first-order valence-electron chi connectivity index (χ1n) is 21.0. The van der Waals surface area contributed by atoms with Crippen molar-refractivity contribution in [1.82, 2.24) is 20.4 Å². The molecule has 4 heterocycles. The van der Waals surface area contributed by atoms with E-state index in [1.54, 1.807) is 30.3 Å². The van der Waals surface area contributed by atoms with Crippen LogP contribution in [0.1, 0.15) is 96.4 Å². The zero-order valence-corrected chi connectivity index (χ0v) is 35.4. The van der Waals surface area contributed by atoms with Gasteiger partial charge in [-0.15, -0.1) is 0 Å². The van der Waals surface area contributed by atoms with E-state index in [2.05, 4.69) is 71.2 Å². The largest absolute Gasteiger partial charge is 0.489 e. The zero-order valence-electron chi connectivity index (χ0n) is 34.6. The lowest BCUT2D eigenvalue weighted by molar-refractivity contribution is -0.164. The lowest BCUT2D eigenvalue weighted by Gasteiger charge is -2.63. The fraction of sp³-hybridized carbons (Fsp3) is 0.478. The van der Waals surface area contributed by atoms with Crippen LogP contribution in [0.2, 0.25) is 5.02 Å². The maximum atomic E-state index is 13.5. The number of piperazine rings is 1. The van der Waals surface area contributed by atoms with E-state index in [-0.39, 0.29) is 41.7 Å². The average molecular weight is 834 g/mol. The summed E-state index contributed by atoms with van der Waals surface area (Å²) in [5, 5.41) is 15.1. The van der Waals surface area contributed by atoms with Gasteiger partial charge in [0.15, 0.2) is 0 Å². The number of benzene rings is 3. The molecule has 0 aromatic heterocycles. The standard InChI is InChI=1S/C46H52ClN7O6/c1-45(2)43(46(3,4)44(45)60-33-11-7-30(27-48)36(47)26-33)50-39(56)29-5-8-31(9-6-29)52-19-16-28(17-20-52)15-18-51-21-23-53(24-22-51)32-10-12-34-35(25-32)42(59)54(41(34)58)37-13-14-38(55)49-40(37)57/h5-12,25-26,28,37,43-44H,13-24H2,1-4H3,(H,50,56)(H,49,55,57). The molecule has 0 bridgehead atoms. The molecule has 3 aromatic carbocycles. The summed E-state index contributed by atoms with van der Waals surface area (Å²) < 4.78 is 6.38. The molecular formula is C46H52ClN7O6. The Morgan fingerprint density at radius 1 is 0.833 bits per heavy atom. The number of fused-ring (bicyclic) bond motifs is 1. The molecular weight excluding hydrogens is 782 g/mol. The van der Waals surface area contributed by atoms with E-state index >= 15 is 0 Å². The number of ether oxygens (including phenoxy) is 1. The number of nitriles is 1. The van der Waals surface area contributed by atoms with Crippen LogP contribution in [0, 0.1) is 28.1 Å². The maximum absolute atomic E-state index is 13.5. The van der Waals surface area contributed by atoms with Crippen molar-refractivity contribution >= 4 is 52.5 Å². The van der Waals surface area contributed by atoms with Crippen LogP contribution in [0.3, 0.4) is 0 Å². The quantitative estimate of drug-likeness (QED) is 0.245. The lowest BCUT2D eigenvalue weighted by atomic mass is 9.49. The minimum Gasteiger partial charge on any atom is -0.489 e. The summed E-state index contributed by atoms with van der Waals surface area (Å²) in [6.45, 7) is 14.8. The zero-order chi connectivity index (χ0) is 42.5. The van der Waals surface area contributed by atoms with Crippen LogP contribution in [-0.4, -0.2) is 103 Å². The molecule has 1 aliphatic carbocycles. The van der Waals surface area contributed by atoms with Gasteiger partial charge in [-0.25, -0.2) is 0 Å². The SMILES string of the molecule is CC1(C)C(NC(=O)c2ccc(N3CCC(CCN4CCN(c5ccc6c(c5)C(=O)N(C5CCC(=O)NC5=O)C6=O)CC4)CC3)cc2)C(C)(C)C1Oc1ccc(C#N)c(Cl)c1. The van der Waals surface area contributed by atoms with E-state index in [9.17, 15) is 29.2 Å². The number of hydrogen-bond acceptors (Lipinski definition) is 10. The molecule has 5 amide bonds. The number of piperidine rings is 2. The van der Waals surface area contributed by atoms with Crippen molar-refractivity contribution in [2.75, 3.05) is 55.6 Å². The van der Waals surface area contributed by atoms with Crippen molar-refractivity contribution in [2.24, 2.45) is 16.7 Å². The van der Waals surface area contributed by atoms with Gasteiger partial charge in [-0.2, -0.15) is 5.26 Å². The molecule has 1 unspecified atom stereocenters. The summed E-state index contributed by atoms with van der Waals surface area (Å²) >= 11 is 6.25. The summed E-state index contributed by atoms with van der Waals surface area (Å²) in [6, 6.07) is 19.3. The van der Waals surface area contributed by atoms with Crippen molar-refractivity contribution in [3.63, 3.8) is 0 Å². The van der Waals surface area contributed by atoms with Crippen LogP contribution in [0.4, 0.5) is 11.4 Å². The van der Waals surface area contributed by atoms with Crippen LogP contribution in [0.5, 0.6) is 5.75 Å². The Labute approximate surface area is 355 Å². The minimum absolute atomic E-state index is 0.0928. The number of anilines is 2. The maximum Gasteiger partial charge on any atom is 0.262 e. The first-order chi connectivity index (χ1) is 28.6. The van der Waals surface area contributed by atoms with E-state index in [1.165, 1.54) is 0 Å². The van der Waals surface area contributed by atoms with Crippen molar-refractivity contribution in [1.29, 1.82) is 5.26 Å². The van der Waals surface area contributed by atoms with Crippen molar-refractivity contribution in [3.8, 4) is 11.8 Å². The molecule has 8 rings (SSSR count).